The van der Waals surface area contributed by atoms with E-state index in [0.29, 0.717) is 0 Å². The molecule has 14 heavy (non-hydrogen) atoms. The van der Waals surface area contributed by atoms with Gasteiger partial charge in [-0.2, -0.15) is 0 Å². The summed E-state index contributed by atoms with van der Waals surface area (Å²) in [6, 6.07) is 1.80. The second-order valence-corrected chi connectivity index (χ2v) is 3.01. The van der Waals surface area contributed by atoms with E-state index in [-0.39, 0.29) is 0 Å². The van der Waals surface area contributed by atoms with Crippen LogP contribution >= 0.6 is 11.8 Å². The third-order valence-corrected chi connectivity index (χ3v) is 1.87. The molecule has 0 aliphatic carbocycles. The van der Waals surface area contributed by atoms with Crippen molar-refractivity contribution < 1.29 is 4.84 Å². The summed E-state index contributed by atoms with van der Waals surface area (Å²) in [5.41, 5.74) is 0.802. The zero-order valence-electron chi connectivity index (χ0n) is 8.04. The molecule has 0 spiro atoms. The van der Waals surface area contributed by atoms with Crippen molar-refractivity contribution >= 4 is 24.1 Å². The van der Waals surface area contributed by atoms with E-state index < -0.39 is 0 Å². The molecule has 1 rings (SSSR count). The summed E-state index contributed by atoms with van der Waals surface area (Å²) >= 11 is 1.50. The molecule has 0 atom stereocenters. The van der Waals surface area contributed by atoms with Crippen LogP contribution in [0.4, 0.5) is 0 Å². The molecule has 0 fully saturated rings. The van der Waals surface area contributed by atoms with Crippen LogP contribution in [0.5, 0.6) is 0 Å². The van der Waals surface area contributed by atoms with Gasteiger partial charge in [0.2, 0.25) is 0 Å². The molecule has 1 heterocycles. The lowest BCUT2D eigenvalue weighted by Gasteiger charge is -1.95. The second-order valence-electron chi connectivity index (χ2n) is 2.24. The summed E-state index contributed by atoms with van der Waals surface area (Å²) in [4.78, 5) is 13.1. The lowest BCUT2D eigenvalue weighted by atomic mass is 10.4. The molecule has 4 nitrogen and oxygen atoms in total. The standard InChI is InChI=1S/C9H11N3OS/c1-3-11-13-7-5-8-4-6-10-9(12-8)14-2/h3-7H,1-2H3/b7-5+,11-3-. The first-order valence-corrected chi connectivity index (χ1v) is 5.26. The van der Waals surface area contributed by atoms with E-state index in [4.69, 9.17) is 4.84 Å². The average Bonchev–Trinajstić information content (AvgIpc) is 2.25. The Morgan fingerprint density at radius 3 is 3.14 bits per heavy atom. The van der Waals surface area contributed by atoms with Gasteiger partial charge in [-0.05, 0) is 19.2 Å². The smallest absolute Gasteiger partial charge is 0.187 e. The van der Waals surface area contributed by atoms with Crippen LogP contribution in [-0.2, 0) is 4.84 Å². The van der Waals surface area contributed by atoms with Crippen molar-refractivity contribution in [3.05, 3.63) is 24.2 Å². The van der Waals surface area contributed by atoms with Gasteiger partial charge in [-0.15, -0.1) is 0 Å². The number of nitrogens with zero attached hydrogens (tertiary/aromatic N) is 3. The van der Waals surface area contributed by atoms with Crippen molar-refractivity contribution in [2.75, 3.05) is 6.26 Å². The number of rotatable bonds is 4. The van der Waals surface area contributed by atoms with Gasteiger partial charge in [0.15, 0.2) is 5.16 Å². The number of hydrogen-bond donors (Lipinski definition) is 0. The van der Waals surface area contributed by atoms with Crippen molar-refractivity contribution in [3.8, 4) is 0 Å². The van der Waals surface area contributed by atoms with Gasteiger partial charge >= 0.3 is 0 Å². The van der Waals surface area contributed by atoms with Crippen LogP contribution in [0.15, 0.2) is 28.8 Å². The Hall–Kier alpha value is -1.36. The van der Waals surface area contributed by atoms with Gasteiger partial charge in [0, 0.05) is 18.5 Å². The molecule has 0 aliphatic heterocycles. The van der Waals surface area contributed by atoms with E-state index in [2.05, 4.69) is 15.1 Å². The Kier molecular flexibility index (Phi) is 4.71. The minimum Gasteiger partial charge on any atom is -0.365 e. The largest absolute Gasteiger partial charge is 0.365 e. The van der Waals surface area contributed by atoms with Crippen LogP contribution < -0.4 is 0 Å². The average molecular weight is 209 g/mol. The van der Waals surface area contributed by atoms with Gasteiger partial charge in [-0.3, -0.25) is 0 Å². The summed E-state index contributed by atoms with van der Waals surface area (Å²) in [6.07, 6.45) is 8.42. The molecular formula is C9H11N3OS. The summed E-state index contributed by atoms with van der Waals surface area (Å²) in [6.45, 7) is 1.78. The van der Waals surface area contributed by atoms with Crippen LogP contribution in [-0.4, -0.2) is 22.4 Å². The highest BCUT2D eigenvalue weighted by molar-refractivity contribution is 7.98. The maximum absolute atomic E-state index is 4.78. The topological polar surface area (TPSA) is 47.4 Å². The van der Waals surface area contributed by atoms with E-state index in [1.807, 2.05) is 6.26 Å². The van der Waals surface area contributed by atoms with Crippen LogP contribution in [0.1, 0.15) is 12.6 Å². The normalized spacial score (nSPS) is 11.3. The highest BCUT2D eigenvalue weighted by Gasteiger charge is 1.93. The molecule has 0 N–H and O–H groups in total. The fraction of sp³-hybridized carbons (Fsp3) is 0.222. The van der Waals surface area contributed by atoms with E-state index >= 15 is 0 Å². The molecule has 1 aromatic rings. The first-order chi connectivity index (χ1) is 6.86. The highest BCUT2D eigenvalue weighted by atomic mass is 32.2. The zero-order chi connectivity index (χ0) is 10.2. The van der Waals surface area contributed by atoms with Gasteiger partial charge in [0.05, 0.1) is 5.69 Å². The van der Waals surface area contributed by atoms with E-state index in [9.17, 15) is 0 Å². The van der Waals surface area contributed by atoms with Gasteiger partial charge in [0.1, 0.15) is 6.26 Å². The SMILES string of the molecule is C/C=N\O/C=C/c1ccnc(SC)n1. The first kappa shape index (κ1) is 10.7. The van der Waals surface area contributed by atoms with Crippen LogP contribution in [0.25, 0.3) is 6.08 Å². The monoisotopic (exact) mass is 209 g/mol. The number of thioether (sulfide) groups is 1. The summed E-state index contributed by atoms with van der Waals surface area (Å²) < 4.78 is 0. The third-order valence-electron chi connectivity index (χ3n) is 1.30. The number of aromatic nitrogens is 2. The summed E-state index contributed by atoms with van der Waals surface area (Å²) in [5.74, 6) is 0. The molecule has 5 heteroatoms. The molecule has 0 aromatic carbocycles. The minimum absolute atomic E-state index is 0.742. The van der Waals surface area contributed by atoms with Crippen LogP contribution in [0.2, 0.25) is 0 Å². The van der Waals surface area contributed by atoms with Crippen molar-refractivity contribution in [1.82, 2.24) is 9.97 Å². The molecule has 0 saturated heterocycles. The third kappa shape index (κ3) is 3.57. The Balaban J connectivity index is 2.62. The van der Waals surface area contributed by atoms with Crippen molar-refractivity contribution in [1.29, 1.82) is 0 Å². The van der Waals surface area contributed by atoms with Crippen molar-refractivity contribution in [3.63, 3.8) is 0 Å². The van der Waals surface area contributed by atoms with Crippen molar-refractivity contribution in [2.24, 2.45) is 5.16 Å². The lowest BCUT2D eigenvalue weighted by Crippen LogP contribution is -1.87. The molecular weight excluding hydrogens is 198 g/mol. The maximum Gasteiger partial charge on any atom is 0.187 e. The molecule has 0 radical (unpaired) electrons. The molecule has 0 saturated carbocycles. The summed E-state index contributed by atoms with van der Waals surface area (Å²) in [7, 11) is 0. The molecule has 0 aliphatic rings. The minimum atomic E-state index is 0.742. The fourth-order valence-corrected chi connectivity index (χ4v) is 1.10. The molecule has 1 aromatic heterocycles. The molecule has 0 bridgehead atoms. The maximum atomic E-state index is 4.78. The van der Waals surface area contributed by atoms with Crippen molar-refractivity contribution in [2.45, 2.75) is 12.1 Å². The van der Waals surface area contributed by atoms with E-state index in [1.165, 1.54) is 18.0 Å². The second kappa shape index (κ2) is 6.15. The van der Waals surface area contributed by atoms with Gasteiger partial charge < -0.3 is 4.84 Å². The Morgan fingerprint density at radius 2 is 2.43 bits per heavy atom. The van der Waals surface area contributed by atoms with E-state index in [0.717, 1.165) is 10.9 Å². The number of hydrogen-bond acceptors (Lipinski definition) is 5. The molecule has 0 amide bonds. The van der Waals surface area contributed by atoms with Gasteiger partial charge in [-0.1, -0.05) is 16.9 Å². The predicted octanol–water partition coefficient (Wildman–Crippen LogP) is 2.19. The number of oxime groups is 1. The molecule has 0 unspecified atom stereocenters. The Morgan fingerprint density at radius 1 is 1.57 bits per heavy atom. The highest BCUT2D eigenvalue weighted by Crippen LogP contribution is 2.08. The van der Waals surface area contributed by atoms with Crippen LogP contribution in [0.3, 0.4) is 0 Å². The quantitative estimate of drug-likeness (QED) is 0.251. The van der Waals surface area contributed by atoms with Gasteiger partial charge in [-0.25, -0.2) is 9.97 Å². The Labute approximate surface area is 87.1 Å². The predicted molar refractivity (Wildman–Crippen MR) is 58.1 cm³/mol. The van der Waals surface area contributed by atoms with Gasteiger partial charge in [0.25, 0.3) is 0 Å². The first-order valence-electron chi connectivity index (χ1n) is 4.04. The Bertz CT molecular complexity index is 339. The zero-order valence-corrected chi connectivity index (χ0v) is 8.86. The van der Waals surface area contributed by atoms with Crippen LogP contribution in [0, 0.1) is 0 Å². The molecule has 74 valence electrons. The van der Waals surface area contributed by atoms with E-state index in [1.54, 1.807) is 31.5 Å². The lowest BCUT2D eigenvalue weighted by molar-refractivity contribution is 0.273. The fourth-order valence-electron chi connectivity index (χ4n) is 0.741. The summed E-state index contributed by atoms with van der Waals surface area (Å²) in [5, 5.41) is 4.31.